The summed E-state index contributed by atoms with van der Waals surface area (Å²) < 4.78 is 29.9. The highest BCUT2D eigenvalue weighted by molar-refractivity contribution is 9.10. The molecule has 0 amide bonds. The van der Waals surface area contributed by atoms with E-state index < -0.39 is 10.0 Å². The number of hydrogen-bond acceptors (Lipinski definition) is 4. The van der Waals surface area contributed by atoms with Gasteiger partial charge in [0.2, 0.25) is 0 Å². The number of halogens is 1. The molecule has 0 spiro atoms. The van der Waals surface area contributed by atoms with Gasteiger partial charge in [0.1, 0.15) is 19.0 Å². The van der Waals surface area contributed by atoms with Crippen molar-refractivity contribution < 1.29 is 18.0 Å². The van der Waals surface area contributed by atoms with E-state index in [4.69, 9.17) is 9.57 Å². The van der Waals surface area contributed by atoms with E-state index in [1.807, 2.05) is 30.3 Å². The van der Waals surface area contributed by atoms with Gasteiger partial charge in [-0.1, -0.05) is 39.0 Å². The summed E-state index contributed by atoms with van der Waals surface area (Å²) in [5, 5.41) is 0. The van der Waals surface area contributed by atoms with E-state index in [1.165, 1.54) is 12.1 Å². The molecule has 2 aromatic carbocycles. The third kappa shape index (κ3) is 5.13. The van der Waals surface area contributed by atoms with Crippen molar-refractivity contribution in [2.24, 2.45) is 0 Å². The van der Waals surface area contributed by atoms with Gasteiger partial charge in [-0.15, -0.1) is 0 Å². The number of sulfonamides is 1. The Morgan fingerprint density at radius 2 is 1.62 bits per heavy atom. The highest BCUT2D eigenvalue weighted by atomic mass is 79.9. The summed E-state index contributed by atoms with van der Waals surface area (Å²) >= 11 is 3.24. The number of hydrogen-bond donors (Lipinski definition) is 1. The molecule has 0 aromatic heterocycles. The minimum atomic E-state index is -3.67. The van der Waals surface area contributed by atoms with Gasteiger partial charge in [-0.25, -0.2) is 8.42 Å². The molecule has 0 heterocycles. The summed E-state index contributed by atoms with van der Waals surface area (Å²) in [4.78, 5) is 7.12. The average molecular weight is 372 g/mol. The molecular weight excluding hydrogens is 358 g/mol. The highest BCUT2D eigenvalue weighted by Crippen LogP contribution is 2.14. The zero-order chi connectivity index (χ0) is 15.1. The van der Waals surface area contributed by atoms with E-state index in [9.17, 15) is 8.42 Å². The molecule has 0 unspecified atom stereocenters. The van der Waals surface area contributed by atoms with Gasteiger partial charge < -0.3 is 4.74 Å². The second kappa shape index (κ2) is 7.56. The summed E-state index contributed by atoms with van der Waals surface area (Å²) in [5.74, 6) is 0.705. The zero-order valence-corrected chi connectivity index (χ0v) is 13.4. The normalized spacial score (nSPS) is 11.3. The smallest absolute Gasteiger partial charge is 0.262 e. The quantitative estimate of drug-likeness (QED) is 0.600. The number of ether oxygens (including phenoxy) is 1. The summed E-state index contributed by atoms with van der Waals surface area (Å²) in [6.07, 6.45) is 0. The van der Waals surface area contributed by atoms with Crippen LogP contribution < -0.4 is 9.62 Å². The van der Waals surface area contributed by atoms with Gasteiger partial charge in [0, 0.05) is 4.47 Å². The van der Waals surface area contributed by atoms with Crippen molar-refractivity contribution in [2.45, 2.75) is 4.90 Å². The van der Waals surface area contributed by atoms with Crippen molar-refractivity contribution >= 4 is 26.0 Å². The third-order valence-corrected chi connectivity index (χ3v) is 4.25. The zero-order valence-electron chi connectivity index (χ0n) is 11.0. The first-order valence-electron chi connectivity index (χ1n) is 6.15. The van der Waals surface area contributed by atoms with Gasteiger partial charge in [-0.3, -0.25) is 4.84 Å². The van der Waals surface area contributed by atoms with E-state index in [2.05, 4.69) is 20.8 Å². The summed E-state index contributed by atoms with van der Waals surface area (Å²) in [5.41, 5.74) is 0. The number of para-hydroxylation sites is 1. The summed E-state index contributed by atoms with van der Waals surface area (Å²) in [6.45, 7) is 0.345. The summed E-state index contributed by atoms with van der Waals surface area (Å²) in [6, 6.07) is 15.5. The Hall–Kier alpha value is -1.41. The van der Waals surface area contributed by atoms with Gasteiger partial charge in [-0.05, 0) is 36.4 Å². The fourth-order valence-electron chi connectivity index (χ4n) is 1.50. The predicted molar refractivity (Wildman–Crippen MR) is 82.4 cm³/mol. The fourth-order valence-corrected chi connectivity index (χ4v) is 2.59. The van der Waals surface area contributed by atoms with Gasteiger partial charge in [-0.2, -0.15) is 0 Å². The van der Waals surface area contributed by atoms with E-state index in [1.54, 1.807) is 12.1 Å². The van der Waals surface area contributed by atoms with Crippen molar-refractivity contribution in [1.29, 1.82) is 0 Å². The van der Waals surface area contributed by atoms with Gasteiger partial charge >= 0.3 is 0 Å². The van der Waals surface area contributed by atoms with Crippen molar-refractivity contribution in [3.05, 3.63) is 59.1 Å². The molecule has 1 N–H and O–H groups in total. The molecule has 7 heteroatoms. The van der Waals surface area contributed by atoms with Crippen LogP contribution in [0.3, 0.4) is 0 Å². The molecule has 2 aromatic rings. The third-order valence-electron chi connectivity index (χ3n) is 2.49. The lowest BCUT2D eigenvalue weighted by Crippen LogP contribution is -2.26. The van der Waals surface area contributed by atoms with Crippen LogP contribution in [-0.2, 0) is 14.9 Å². The van der Waals surface area contributed by atoms with Crippen LogP contribution in [0.1, 0.15) is 0 Å². The lowest BCUT2D eigenvalue weighted by atomic mass is 10.3. The Balaban J connectivity index is 1.76. The van der Waals surface area contributed by atoms with Crippen molar-refractivity contribution in [3.8, 4) is 5.75 Å². The Morgan fingerprint density at radius 1 is 0.952 bits per heavy atom. The van der Waals surface area contributed by atoms with Crippen LogP contribution in [0.25, 0.3) is 0 Å². The minimum absolute atomic E-state index is 0.102. The monoisotopic (exact) mass is 371 g/mol. The van der Waals surface area contributed by atoms with Gasteiger partial charge in [0.15, 0.2) is 0 Å². The second-order valence-electron chi connectivity index (χ2n) is 4.05. The number of nitrogens with one attached hydrogen (secondary N) is 1. The molecular formula is C14H14BrNO4S. The minimum Gasteiger partial charge on any atom is -0.491 e. The van der Waals surface area contributed by atoms with Crippen molar-refractivity contribution in [3.63, 3.8) is 0 Å². The Kier molecular flexibility index (Phi) is 5.75. The number of rotatable bonds is 7. The largest absolute Gasteiger partial charge is 0.491 e. The molecule has 21 heavy (non-hydrogen) atoms. The van der Waals surface area contributed by atoms with E-state index >= 15 is 0 Å². The molecule has 0 aliphatic carbocycles. The number of benzene rings is 2. The lowest BCUT2D eigenvalue weighted by Gasteiger charge is -2.08. The van der Waals surface area contributed by atoms with Crippen molar-refractivity contribution in [2.75, 3.05) is 13.2 Å². The topological polar surface area (TPSA) is 64.6 Å². The van der Waals surface area contributed by atoms with Gasteiger partial charge in [0.05, 0.1) is 4.90 Å². The SMILES string of the molecule is O=S(=O)(NOCCOc1ccccc1)c1ccc(Br)cc1. The maximum absolute atomic E-state index is 11.9. The van der Waals surface area contributed by atoms with E-state index in [0.29, 0.717) is 5.75 Å². The van der Waals surface area contributed by atoms with Crippen LogP contribution in [0.2, 0.25) is 0 Å². The molecule has 0 atom stereocenters. The van der Waals surface area contributed by atoms with Crippen LogP contribution in [0.4, 0.5) is 0 Å². The fraction of sp³-hybridized carbons (Fsp3) is 0.143. The highest BCUT2D eigenvalue weighted by Gasteiger charge is 2.13. The molecule has 0 saturated carbocycles. The first kappa shape index (κ1) is 16.0. The Labute approximate surface area is 132 Å². The predicted octanol–water partition coefficient (Wildman–Crippen LogP) is 2.74. The van der Waals surface area contributed by atoms with Crippen LogP contribution in [-0.4, -0.2) is 21.6 Å². The first-order chi connectivity index (χ1) is 10.1. The van der Waals surface area contributed by atoms with Gasteiger partial charge in [0.25, 0.3) is 10.0 Å². The molecule has 2 rings (SSSR count). The standard InChI is InChI=1S/C14H14BrNO4S/c15-12-6-8-14(9-7-12)21(17,18)16-20-11-10-19-13-4-2-1-3-5-13/h1-9,16H,10-11H2. The van der Waals surface area contributed by atoms with Crippen LogP contribution in [0.15, 0.2) is 64.0 Å². The molecule has 0 aliphatic rings. The molecule has 0 bridgehead atoms. The first-order valence-corrected chi connectivity index (χ1v) is 8.42. The molecule has 0 fully saturated rings. The van der Waals surface area contributed by atoms with E-state index in [0.717, 1.165) is 4.47 Å². The van der Waals surface area contributed by atoms with Crippen LogP contribution >= 0.6 is 15.9 Å². The maximum Gasteiger partial charge on any atom is 0.262 e. The average Bonchev–Trinajstić information content (AvgIpc) is 2.48. The molecule has 5 nitrogen and oxygen atoms in total. The lowest BCUT2D eigenvalue weighted by molar-refractivity contribution is 0.0665. The van der Waals surface area contributed by atoms with Crippen LogP contribution in [0, 0.1) is 0 Å². The Bertz CT molecular complexity index is 659. The molecule has 0 aliphatic heterocycles. The second-order valence-corrected chi connectivity index (χ2v) is 6.61. The Morgan fingerprint density at radius 3 is 2.29 bits per heavy atom. The maximum atomic E-state index is 11.9. The molecule has 0 radical (unpaired) electrons. The summed E-state index contributed by atoms with van der Waals surface area (Å²) in [7, 11) is -3.67. The van der Waals surface area contributed by atoms with E-state index in [-0.39, 0.29) is 18.1 Å². The van der Waals surface area contributed by atoms with Crippen LogP contribution in [0.5, 0.6) is 5.75 Å². The molecule has 0 saturated heterocycles. The molecule has 112 valence electrons. The van der Waals surface area contributed by atoms with Crippen molar-refractivity contribution in [1.82, 2.24) is 4.89 Å².